The van der Waals surface area contributed by atoms with Crippen LogP contribution in [0.4, 0.5) is 0 Å². The molecule has 0 radical (unpaired) electrons. The normalized spacial score (nSPS) is 12.9. The van der Waals surface area contributed by atoms with Crippen molar-refractivity contribution in [1.82, 2.24) is 9.13 Å². The summed E-state index contributed by atoms with van der Waals surface area (Å²) in [7, 11) is 0. The largest absolute Gasteiger partial charge is 0.455 e. The Labute approximate surface area is 294 Å². The van der Waals surface area contributed by atoms with E-state index in [1.807, 2.05) is 12.1 Å². The van der Waals surface area contributed by atoms with Crippen LogP contribution in [0.15, 0.2) is 168 Å². The standard InChI is InChI=1S/C48H32N2O/c1-5-16-43-37(10-1)38-11-2-6-17-44(38)50(43)35-28-29-46-42(30-35)39-12-3-7-18-45(39)49(46)34-26-24-32(25-27-34)31-20-22-33(23-21-31)36-14-9-15-41-40-13-4-8-19-47(40)51-48(36)41/h1-5,7-16,18-30H,6,17H2. The first-order chi connectivity index (χ1) is 25.3. The van der Waals surface area contributed by atoms with Gasteiger partial charge in [0.15, 0.2) is 0 Å². The number of hydrogen-bond donors (Lipinski definition) is 0. The number of nitrogens with zero attached hydrogens (tertiary/aromatic N) is 2. The number of allylic oxidation sites excluding steroid dienone is 1. The maximum atomic E-state index is 6.32. The highest BCUT2D eigenvalue weighted by atomic mass is 16.3. The van der Waals surface area contributed by atoms with Gasteiger partial charge in [-0.3, -0.25) is 0 Å². The third-order valence-electron chi connectivity index (χ3n) is 10.8. The first-order valence-corrected chi connectivity index (χ1v) is 17.7. The molecule has 3 aromatic heterocycles. The number of hydrogen-bond acceptors (Lipinski definition) is 1. The van der Waals surface area contributed by atoms with E-state index in [4.69, 9.17) is 4.42 Å². The Morgan fingerprint density at radius 2 is 1.08 bits per heavy atom. The summed E-state index contributed by atoms with van der Waals surface area (Å²) >= 11 is 0. The lowest BCUT2D eigenvalue weighted by Gasteiger charge is -2.14. The first kappa shape index (κ1) is 28.3. The number of aromatic nitrogens is 2. The van der Waals surface area contributed by atoms with Crippen molar-refractivity contribution >= 4 is 60.7 Å². The fourth-order valence-electron chi connectivity index (χ4n) is 8.46. The fraction of sp³-hybridized carbons (Fsp3) is 0.0417. The summed E-state index contributed by atoms with van der Waals surface area (Å²) in [6, 6.07) is 57.1. The highest BCUT2D eigenvalue weighted by molar-refractivity contribution is 6.11. The molecular weight excluding hydrogens is 621 g/mol. The van der Waals surface area contributed by atoms with E-state index >= 15 is 0 Å². The Morgan fingerprint density at radius 1 is 0.451 bits per heavy atom. The molecule has 7 aromatic carbocycles. The molecule has 3 heterocycles. The predicted octanol–water partition coefficient (Wildman–Crippen LogP) is 12.9. The minimum Gasteiger partial charge on any atom is -0.455 e. The van der Waals surface area contributed by atoms with Crippen LogP contribution in [0.2, 0.25) is 0 Å². The van der Waals surface area contributed by atoms with Crippen molar-refractivity contribution in [2.45, 2.75) is 12.8 Å². The SMILES string of the molecule is C1=Cc2c(n(-c3ccc4c(c3)c3ccccc3n4-c3ccc(-c4ccc(-c5cccc6c5oc5ccccc56)cc4)cc3)c3ccccc23)CC1. The van der Waals surface area contributed by atoms with Crippen molar-refractivity contribution in [1.29, 1.82) is 0 Å². The smallest absolute Gasteiger partial charge is 0.143 e. The van der Waals surface area contributed by atoms with E-state index < -0.39 is 0 Å². The second kappa shape index (κ2) is 11.0. The second-order valence-corrected chi connectivity index (χ2v) is 13.6. The third-order valence-corrected chi connectivity index (χ3v) is 10.8. The zero-order chi connectivity index (χ0) is 33.5. The number of rotatable bonds is 4. The van der Waals surface area contributed by atoms with E-state index in [9.17, 15) is 0 Å². The summed E-state index contributed by atoms with van der Waals surface area (Å²) in [5.41, 5.74) is 15.3. The molecule has 10 aromatic rings. The van der Waals surface area contributed by atoms with Crippen molar-refractivity contribution in [3.8, 4) is 33.6 Å². The van der Waals surface area contributed by atoms with Gasteiger partial charge in [-0.2, -0.15) is 0 Å². The second-order valence-electron chi connectivity index (χ2n) is 13.6. The molecule has 0 fully saturated rings. The van der Waals surface area contributed by atoms with Crippen LogP contribution < -0.4 is 0 Å². The highest BCUT2D eigenvalue weighted by Gasteiger charge is 2.20. The van der Waals surface area contributed by atoms with Crippen LogP contribution in [0.3, 0.4) is 0 Å². The van der Waals surface area contributed by atoms with Gasteiger partial charge in [0, 0.05) is 55.1 Å². The van der Waals surface area contributed by atoms with Crippen molar-refractivity contribution in [3.63, 3.8) is 0 Å². The molecule has 0 saturated heterocycles. The molecule has 3 nitrogen and oxygen atoms in total. The lowest BCUT2D eigenvalue weighted by molar-refractivity contribution is 0.670. The molecular formula is C48H32N2O. The van der Waals surface area contributed by atoms with Crippen LogP contribution in [-0.2, 0) is 6.42 Å². The van der Waals surface area contributed by atoms with Gasteiger partial charge in [0.05, 0.1) is 16.6 Å². The molecule has 0 aliphatic heterocycles. The Kier molecular flexibility index (Phi) is 6.08. The van der Waals surface area contributed by atoms with Gasteiger partial charge in [0.2, 0.25) is 0 Å². The minimum atomic E-state index is 0.922. The molecule has 0 unspecified atom stereocenters. The summed E-state index contributed by atoms with van der Waals surface area (Å²) in [6.45, 7) is 0. The maximum absolute atomic E-state index is 6.32. The first-order valence-electron chi connectivity index (χ1n) is 17.7. The molecule has 0 atom stereocenters. The molecule has 1 aliphatic carbocycles. The molecule has 51 heavy (non-hydrogen) atoms. The van der Waals surface area contributed by atoms with E-state index in [1.165, 1.54) is 60.8 Å². The summed E-state index contributed by atoms with van der Waals surface area (Å²) in [5, 5.41) is 6.15. The molecule has 0 amide bonds. The van der Waals surface area contributed by atoms with Gasteiger partial charge in [-0.1, -0.05) is 121 Å². The Morgan fingerprint density at radius 3 is 1.90 bits per heavy atom. The van der Waals surface area contributed by atoms with Crippen LogP contribution in [0.1, 0.15) is 17.7 Å². The molecule has 11 rings (SSSR count). The van der Waals surface area contributed by atoms with Crippen molar-refractivity contribution in [2.75, 3.05) is 0 Å². The van der Waals surface area contributed by atoms with Gasteiger partial charge in [0.1, 0.15) is 11.2 Å². The molecule has 1 aliphatic rings. The van der Waals surface area contributed by atoms with Crippen molar-refractivity contribution < 1.29 is 4.42 Å². The monoisotopic (exact) mass is 652 g/mol. The summed E-state index contributed by atoms with van der Waals surface area (Å²) < 4.78 is 11.2. The zero-order valence-electron chi connectivity index (χ0n) is 27.9. The fourth-order valence-corrected chi connectivity index (χ4v) is 8.46. The summed E-state index contributed by atoms with van der Waals surface area (Å²) in [4.78, 5) is 0. The van der Waals surface area contributed by atoms with Crippen molar-refractivity contribution in [2.24, 2.45) is 0 Å². The Bertz CT molecular complexity index is 3000. The average molecular weight is 653 g/mol. The van der Waals surface area contributed by atoms with Gasteiger partial charge in [0.25, 0.3) is 0 Å². The molecule has 3 heteroatoms. The molecule has 0 N–H and O–H groups in total. The zero-order valence-corrected chi connectivity index (χ0v) is 27.9. The Balaban J connectivity index is 0.974. The molecule has 0 bridgehead atoms. The predicted molar refractivity (Wildman–Crippen MR) is 213 cm³/mol. The quantitative estimate of drug-likeness (QED) is 0.186. The average Bonchev–Trinajstić information content (AvgIpc) is 3.86. The number of benzene rings is 7. The molecule has 240 valence electrons. The van der Waals surface area contributed by atoms with Gasteiger partial charge >= 0.3 is 0 Å². The molecule has 0 spiro atoms. The third kappa shape index (κ3) is 4.25. The van der Waals surface area contributed by atoms with Crippen LogP contribution in [0.5, 0.6) is 0 Å². The van der Waals surface area contributed by atoms with E-state index in [0.717, 1.165) is 51.6 Å². The van der Waals surface area contributed by atoms with Gasteiger partial charge in [-0.15, -0.1) is 0 Å². The van der Waals surface area contributed by atoms with Gasteiger partial charge < -0.3 is 13.6 Å². The minimum absolute atomic E-state index is 0.922. The van der Waals surface area contributed by atoms with Gasteiger partial charge in [-0.05, 0) is 78.1 Å². The van der Waals surface area contributed by atoms with Crippen LogP contribution in [0.25, 0.3) is 94.4 Å². The van der Waals surface area contributed by atoms with E-state index in [-0.39, 0.29) is 0 Å². The van der Waals surface area contributed by atoms with E-state index in [0.29, 0.717) is 0 Å². The number of furan rings is 1. The summed E-state index contributed by atoms with van der Waals surface area (Å²) in [5.74, 6) is 0. The van der Waals surface area contributed by atoms with Gasteiger partial charge in [-0.25, -0.2) is 0 Å². The Hall–Kier alpha value is -6.58. The lowest BCUT2D eigenvalue weighted by Crippen LogP contribution is -2.03. The van der Waals surface area contributed by atoms with Crippen LogP contribution in [-0.4, -0.2) is 9.13 Å². The molecule has 0 saturated carbocycles. The highest BCUT2D eigenvalue weighted by Crippen LogP contribution is 2.39. The number of para-hydroxylation sites is 4. The van der Waals surface area contributed by atoms with Crippen LogP contribution in [0, 0.1) is 0 Å². The lowest BCUT2D eigenvalue weighted by atomic mass is 9.98. The van der Waals surface area contributed by atoms with E-state index in [2.05, 4.69) is 167 Å². The van der Waals surface area contributed by atoms with Crippen LogP contribution >= 0.6 is 0 Å². The maximum Gasteiger partial charge on any atom is 0.143 e. The summed E-state index contributed by atoms with van der Waals surface area (Å²) in [6.07, 6.45) is 6.74. The number of fused-ring (bicyclic) bond motifs is 9. The topological polar surface area (TPSA) is 23.0 Å². The van der Waals surface area contributed by atoms with Crippen molar-refractivity contribution in [3.05, 3.63) is 175 Å². The van der Waals surface area contributed by atoms with E-state index in [1.54, 1.807) is 0 Å².